The van der Waals surface area contributed by atoms with Gasteiger partial charge in [0, 0.05) is 51.3 Å². The second-order valence-corrected chi connectivity index (χ2v) is 8.02. The predicted octanol–water partition coefficient (Wildman–Crippen LogP) is 2.44. The first-order valence-corrected chi connectivity index (χ1v) is 10.8. The summed E-state index contributed by atoms with van der Waals surface area (Å²) in [5.74, 6) is 1.22. The van der Waals surface area contributed by atoms with Gasteiger partial charge < -0.3 is 20.4 Å². The van der Waals surface area contributed by atoms with E-state index in [0.717, 1.165) is 31.0 Å². The summed E-state index contributed by atoms with van der Waals surface area (Å²) >= 11 is 0. The van der Waals surface area contributed by atoms with Crippen LogP contribution in [0.25, 0.3) is 0 Å². The van der Waals surface area contributed by atoms with Gasteiger partial charge in [-0.2, -0.15) is 0 Å². The SMILES string of the molecule is CN=C(NCc1ccc(C(=O)N2CCNC(=O)C2)cc1)N1CCC(c2ccccc2)C1.I. The normalized spacial score (nSPS) is 18.7. The lowest BCUT2D eigenvalue weighted by molar-refractivity contribution is -0.123. The van der Waals surface area contributed by atoms with Gasteiger partial charge in [-0.15, -0.1) is 24.0 Å². The van der Waals surface area contributed by atoms with E-state index in [2.05, 4.69) is 50.9 Å². The minimum absolute atomic E-state index is 0. The third-order valence-corrected chi connectivity index (χ3v) is 5.95. The lowest BCUT2D eigenvalue weighted by Gasteiger charge is -2.26. The third-order valence-electron chi connectivity index (χ3n) is 5.95. The van der Waals surface area contributed by atoms with E-state index in [0.29, 0.717) is 31.1 Å². The molecule has 32 heavy (non-hydrogen) atoms. The second kappa shape index (κ2) is 11.3. The number of guanidine groups is 1. The van der Waals surface area contributed by atoms with Crippen LogP contribution in [0, 0.1) is 0 Å². The number of aliphatic imine (C=N–C) groups is 1. The van der Waals surface area contributed by atoms with Gasteiger partial charge in [-0.3, -0.25) is 14.6 Å². The molecule has 2 fully saturated rings. The fourth-order valence-electron chi connectivity index (χ4n) is 4.22. The summed E-state index contributed by atoms with van der Waals surface area (Å²) < 4.78 is 0. The molecule has 2 aromatic rings. The predicted molar refractivity (Wildman–Crippen MR) is 136 cm³/mol. The quantitative estimate of drug-likeness (QED) is 0.351. The largest absolute Gasteiger partial charge is 0.353 e. The maximum absolute atomic E-state index is 12.6. The monoisotopic (exact) mass is 547 g/mol. The number of hydrogen-bond donors (Lipinski definition) is 2. The van der Waals surface area contributed by atoms with Crippen LogP contribution in [0.4, 0.5) is 0 Å². The molecule has 2 N–H and O–H groups in total. The molecule has 2 saturated heterocycles. The Bertz CT molecular complexity index is 949. The average molecular weight is 547 g/mol. The van der Waals surface area contributed by atoms with Crippen LogP contribution in [0.1, 0.15) is 33.8 Å². The molecule has 0 aromatic heterocycles. The van der Waals surface area contributed by atoms with Crippen molar-refractivity contribution < 1.29 is 9.59 Å². The Kier molecular flexibility index (Phi) is 8.49. The molecule has 7 nitrogen and oxygen atoms in total. The van der Waals surface area contributed by atoms with E-state index >= 15 is 0 Å². The van der Waals surface area contributed by atoms with Gasteiger partial charge in [-0.05, 0) is 29.7 Å². The van der Waals surface area contributed by atoms with E-state index in [9.17, 15) is 9.59 Å². The van der Waals surface area contributed by atoms with Crippen LogP contribution >= 0.6 is 24.0 Å². The number of carbonyl (C=O) groups is 2. The Morgan fingerprint density at radius 2 is 1.84 bits per heavy atom. The Morgan fingerprint density at radius 3 is 2.53 bits per heavy atom. The molecule has 170 valence electrons. The van der Waals surface area contributed by atoms with Crippen molar-refractivity contribution in [2.45, 2.75) is 18.9 Å². The van der Waals surface area contributed by atoms with Gasteiger partial charge in [-0.25, -0.2) is 0 Å². The van der Waals surface area contributed by atoms with E-state index in [4.69, 9.17) is 0 Å². The van der Waals surface area contributed by atoms with Crippen LogP contribution in [0.5, 0.6) is 0 Å². The van der Waals surface area contributed by atoms with Gasteiger partial charge in [0.1, 0.15) is 0 Å². The number of amides is 2. The van der Waals surface area contributed by atoms with Crippen molar-refractivity contribution in [2.24, 2.45) is 4.99 Å². The zero-order valence-electron chi connectivity index (χ0n) is 18.3. The molecular weight excluding hydrogens is 517 g/mol. The molecule has 0 saturated carbocycles. The summed E-state index contributed by atoms with van der Waals surface area (Å²) in [4.78, 5) is 32.5. The third kappa shape index (κ3) is 5.79. The van der Waals surface area contributed by atoms with Gasteiger partial charge in [0.25, 0.3) is 5.91 Å². The average Bonchev–Trinajstić information content (AvgIpc) is 3.30. The fourth-order valence-corrected chi connectivity index (χ4v) is 4.22. The molecule has 2 amide bonds. The first kappa shape index (κ1) is 24.0. The maximum atomic E-state index is 12.6. The molecule has 0 bridgehead atoms. The van der Waals surface area contributed by atoms with Crippen LogP contribution in [0.2, 0.25) is 0 Å². The first-order valence-electron chi connectivity index (χ1n) is 10.8. The van der Waals surface area contributed by atoms with E-state index < -0.39 is 0 Å². The number of hydrogen-bond acceptors (Lipinski definition) is 3. The summed E-state index contributed by atoms with van der Waals surface area (Å²) in [5, 5.41) is 6.18. The van der Waals surface area contributed by atoms with Gasteiger partial charge in [0.05, 0.1) is 6.54 Å². The minimum Gasteiger partial charge on any atom is -0.353 e. The zero-order valence-corrected chi connectivity index (χ0v) is 20.6. The van der Waals surface area contributed by atoms with Crippen LogP contribution in [0.3, 0.4) is 0 Å². The van der Waals surface area contributed by atoms with Crippen molar-refractivity contribution in [1.29, 1.82) is 0 Å². The minimum atomic E-state index is -0.108. The smallest absolute Gasteiger partial charge is 0.254 e. The van der Waals surface area contributed by atoms with Crippen LogP contribution in [0.15, 0.2) is 59.6 Å². The number of likely N-dealkylation sites (tertiary alicyclic amines) is 1. The van der Waals surface area contributed by atoms with Gasteiger partial charge in [0.2, 0.25) is 5.91 Å². The highest BCUT2D eigenvalue weighted by molar-refractivity contribution is 14.0. The summed E-state index contributed by atoms with van der Waals surface area (Å²) in [5.41, 5.74) is 3.06. The summed E-state index contributed by atoms with van der Waals surface area (Å²) in [6.07, 6.45) is 1.12. The lowest BCUT2D eigenvalue weighted by atomic mass is 9.99. The highest BCUT2D eigenvalue weighted by atomic mass is 127. The van der Waals surface area contributed by atoms with Gasteiger partial charge in [0.15, 0.2) is 5.96 Å². The standard InChI is InChI=1S/C24H29N5O2.HI/c1-25-24(29-13-11-21(16-29)19-5-3-2-4-6-19)27-15-18-7-9-20(10-8-18)23(31)28-14-12-26-22(30)17-28;/h2-10,21H,11-17H2,1H3,(H,25,27)(H,26,30);1H. The molecule has 0 aliphatic carbocycles. The number of benzene rings is 2. The number of nitrogens with one attached hydrogen (secondary N) is 2. The maximum Gasteiger partial charge on any atom is 0.254 e. The van der Waals surface area contributed by atoms with Crippen molar-refractivity contribution in [3.63, 3.8) is 0 Å². The Morgan fingerprint density at radius 1 is 1.09 bits per heavy atom. The lowest BCUT2D eigenvalue weighted by Crippen LogP contribution is -2.49. The first-order chi connectivity index (χ1) is 15.1. The van der Waals surface area contributed by atoms with E-state index in [1.807, 2.05) is 31.3 Å². The molecule has 1 unspecified atom stereocenters. The van der Waals surface area contributed by atoms with Gasteiger partial charge >= 0.3 is 0 Å². The number of halogens is 1. The summed E-state index contributed by atoms with van der Waals surface area (Å²) in [6.45, 7) is 3.76. The van der Waals surface area contributed by atoms with Crippen molar-refractivity contribution in [2.75, 3.05) is 39.8 Å². The molecule has 1 atom stereocenters. The van der Waals surface area contributed by atoms with Crippen LogP contribution < -0.4 is 10.6 Å². The van der Waals surface area contributed by atoms with Gasteiger partial charge in [-0.1, -0.05) is 42.5 Å². The molecule has 2 aromatic carbocycles. The number of nitrogens with zero attached hydrogens (tertiary/aromatic N) is 3. The molecular formula is C24H30IN5O2. The highest BCUT2D eigenvalue weighted by Crippen LogP contribution is 2.26. The highest BCUT2D eigenvalue weighted by Gasteiger charge is 2.26. The number of carbonyl (C=O) groups excluding carboxylic acids is 2. The molecule has 2 heterocycles. The molecule has 0 radical (unpaired) electrons. The van der Waals surface area contributed by atoms with Crippen molar-refractivity contribution in [1.82, 2.24) is 20.4 Å². The molecule has 4 rings (SSSR count). The Hall–Kier alpha value is -2.62. The van der Waals surface area contributed by atoms with E-state index in [1.54, 1.807) is 4.90 Å². The Balaban J connectivity index is 0.00000289. The molecule has 0 spiro atoms. The Labute approximate surface area is 206 Å². The topological polar surface area (TPSA) is 77.0 Å². The summed E-state index contributed by atoms with van der Waals surface area (Å²) in [6, 6.07) is 18.2. The van der Waals surface area contributed by atoms with Crippen molar-refractivity contribution >= 4 is 41.8 Å². The van der Waals surface area contributed by atoms with E-state index in [1.165, 1.54) is 5.56 Å². The number of piperazine rings is 1. The van der Waals surface area contributed by atoms with E-state index in [-0.39, 0.29) is 42.3 Å². The van der Waals surface area contributed by atoms with Crippen molar-refractivity contribution in [3.05, 3.63) is 71.3 Å². The number of rotatable bonds is 4. The van der Waals surface area contributed by atoms with Crippen LogP contribution in [-0.4, -0.2) is 67.3 Å². The summed E-state index contributed by atoms with van der Waals surface area (Å²) in [7, 11) is 1.81. The molecule has 8 heteroatoms. The van der Waals surface area contributed by atoms with Crippen LogP contribution in [-0.2, 0) is 11.3 Å². The fraction of sp³-hybridized carbons (Fsp3) is 0.375. The molecule has 2 aliphatic rings. The van der Waals surface area contributed by atoms with Crippen molar-refractivity contribution in [3.8, 4) is 0 Å². The zero-order chi connectivity index (χ0) is 21.6. The molecule has 2 aliphatic heterocycles. The second-order valence-electron chi connectivity index (χ2n) is 8.02.